The standard InChI is InChI=1S/C23H35N7O/c1-2-25-23(26-10-5-13-30-14-6-11-28-30)27-16-19-7-3-8-20(15-19)17-29-12-4-9-21(18-29)22(24)31/h3,6-8,11,14-15,21H,2,4-5,9-10,12-13,16-18H2,1H3,(H2,24,31)(H2,25,26,27). The van der Waals surface area contributed by atoms with E-state index in [0.717, 1.165) is 64.5 Å². The van der Waals surface area contributed by atoms with Gasteiger partial charge in [0.05, 0.1) is 12.5 Å². The molecule has 31 heavy (non-hydrogen) atoms. The first kappa shape index (κ1) is 22.8. The van der Waals surface area contributed by atoms with Crippen molar-refractivity contribution >= 4 is 11.9 Å². The summed E-state index contributed by atoms with van der Waals surface area (Å²) in [6, 6.07) is 10.5. The van der Waals surface area contributed by atoms with Gasteiger partial charge in [-0.3, -0.25) is 14.4 Å². The molecule has 3 rings (SSSR count). The minimum Gasteiger partial charge on any atom is -0.369 e. The first-order valence-electron chi connectivity index (χ1n) is 11.2. The summed E-state index contributed by atoms with van der Waals surface area (Å²) in [5, 5.41) is 10.9. The minimum absolute atomic E-state index is 0.0245. The third-order valence-electron chi connectivity index (χ3n) is 5.49. The van der Waals surface area contributed by atoms with Crippen LogP contribution in [0.15, 0.2) is 47.7 Å². The van der Waals surface area contributed by atoms with Crippen molar-refractivity contribution in [3.63, 3.8) is 0 Å². The topological polar surface area (TPSA) is 101 Å². The molecule has 0 bridgehead atoms. The van der Waals surface area contributed by atoms with Crippen LogP contribution in [0.5, 0.6) is 0 Å². The van der Waals surface area contributed by atoms with E-state index in [-0.39, 0.29) is 11.8 Å². The second-order valence-corrected chi connectivity index (χ2v) is 8.04. The van der Waals surface area contributed by atoms with Crippen LogP contribution >= 0.6 is 0 Å². The highest BCUT2D eigenvalue weighted by molar-refractivity contribution is 5.79. The van der Waals surface area contributed by atoms with Crippen LogP contribution < -0.4 is 16.4 Å². The van der Waals surface area contributed by atoms with Gasteiger partial charge >= 0.3 is 0 Å². The number of amides is 1. The molecule has 1 aliphatic rings. The fraction of sp³-hybridized carbons (Fsp3) is 0.522. The monoisotopic (exact) mass is 425 g/mol. The number of carbonyl (C=O) groups is 1. The van der Waals surface area contributed by atoms with Crippen molar-refractivity contribution in [1.29, 1.82) is 0 Å². The Morgan fingerprint density at radius 1 is 1.29 bits per heavy atom. The average Bonchev–Trinajstić information content (AvgIpc) is 3.29. The number of guanidine groups is 1. The quantitative estimate of drug-likeness (QED) is 0.306. The summed E-state index contributed by atoms with van der Waals surface area (Å²) in [6.07, 6.45) is 6.68. The molecule has 168 valence electrons. The van der Waals surface area contributed by atoms with Crippen molar-refractivity contribution < 1.29 is 4.79 Å². The van der Waals surface area contributed by atoms with Gasteiger partial charge in [-0.15, -0.1) is 0 Å². The number of nitrogens with two attached hydrogens (primary N) is 1. The largest absolute Gasteiger partial charge is 0.369 e. The average molecular weight is 426 g/mol. The SMILES string of the molecule is CCNC(=NCc1cccc(CN2CCCC(C(N)=O)C2)c1)NCCCn1cccn1. The van der Waals surface area contributed by atoms with Gasteiger partial charge in [0.25, 0.3) is 0 Å². The van der Waals surface area contributed by atoms with E-state index in [1.807, 2.05) is 16.9 Å². The van der Waals surface area contributed by atoms with Gasteiger partial charge in [-0.25, -0.2) is 4.99 Å². The number of hydrogen-bond donors (Lipinski definition) is 3. The van der Waals surface area contributed by atoms with Crippen molar-refractivity contribution in [2.75, 3.05) is 26.2 Å². The number of piperidine rings is 1. The molecule has 0 spiro atoms. The fourth-order valence-electron chi connectivity index (χ4n) is 3.91. The number of nitrogens with zero attached hydrogens (tertiary/aromatic N) is 4. The van der Waals surface area contributed by atoms with Crippen LogP contribution in [-0.4, -0.2) is 52.7 Å². The zero-order chi connectivity index (χ0) is 21.9. The molecule has 1 aliphatic heterocycles. The normalized spacial score (nSPS) is 17.5. The maximum atomic E-state index is 11.5. The van der Waals surface area contributed by atoms with Crippen molar-refractivity contribution in [2.45, 2.75) is 45.8 Å². The maximum Gasteiger partial charge on any atom is 0.221 e. The number of hydrogen-bond acceptors (Lipinski definition) is 4. The molecule has 2 heterocycles. The van der Waals surface area contributed by atoms with E-state index >= 15 is 0 Å². The molecule has 1 aromatic heterocycles. The van der Waals surface area contributed by atoms with Crippen molar-refractivity contribution in [2.24, 2.45) is 16.6 Å². The molecule has 0 saturated carbocycles. The highest BCUT2D eigenvalue weighted by Crippen LogP contribution is 2.19. The first-order chi connectivity index (χ1) is 15.1. The van der Waals surface area contributed by atoms with E-state index in [1.54, 1.807) is 6.20 Å². The molecule has 1 amide bonds. The Kier molecular flexibility index (Phi) is 8.90. The van der Waals surface area contributed by atoms with Crippen molar-refractivity contribution in [1.82, 2.24) is 25.3 Å². The van der Waals surface area contributed by atoms with Crippen LogP contribution in [-0.2, 0) is 24.4 Å². The Bertz CT molecular complexity index is 834. The van der Waals surface area contributed by atoms with Crippen LogP contribution in [0.25, 0.3) is 0 Å². The summed E-state index contributed by atoms with van der Waals surface area (Å²) in [4.78, 5) is 18.6. The number of aryl methyl sites for hydroxylation is 1. The Labute approximate surface area is 184 Å². The third kappa shape index (κ3) is 7.71. The second-order valence-electron chi connectivity index (χ2n) is 8.04. The summed E-state index contributed by atoms with van der Waals surface area (Å²) in [7, 11) is 0. The molecular weight excluding hydrogens is 390 g/mol. The zero-order valence-electron chi connectivity index (χ0n) is 18.5. The van der Waals surface area contributed by atoms with Crippen LogP contribution in [0.1, 0.15) is 37.3 Å². The second kappa shape index (κ2) is 12.1. The molecular formula is C23H35N7O. The van der Waals surface area contributed by atoms with E-state index in [4.69, 9.17) is 10.7 Å². The summed E-state index contributed by atoms with van der Waals surface area (Å²) >= 11 is 0. The van der Waals surface area contributed by atoms with E-state index < -0.39 is 0 Å². The number of benzene rings is 1. The summed E-state index contributed by atoms with van der Waals surface area (Å²) in [5.41, 5.74) is 7.93. The van der Waals surface area contributed by atoms with E-state index in [2.05, 4.69) is 51.8 Å². The van der Waals surface area contributed by atoms with Gasteiger partial charge in [-0.05, 0) is 49.9 Å². The molecule has 0 aliphatic carbocycles. The van der Waals surface area contributed by atoms with Gasteiger partial charge in [0.1, 0.15) is 0 Å². The maximum absolute atomic E-state index is 11.5. The summed E-state index contributed by atoms with van der Waals surface area (Å²) in [6.45, 7) is 7.83. The highest BCUT2D eigenvalue weighted by Gasteiger charge is 2.23. The Morgan fingerprint density at radius 3 is 2.94 bits per heavy atom. The summed E-state index contributed by atoms with van der Waals surface area (Å²) in [5.74, 6) is 0.623. The molecule has 1 atom stereocenters. The molecule has 1 saturated heterocycles. The number of nitrogens with one attached hydrogen (secondary N) is 2. The van der Waals surface area contributed by atoms with Gasteiger partial charge in [0.2, 0.25) is 5.91 Å². The molecule has 2 aromatic rings. The van der Waals surface area contributed by atoms with Gasteiger partial charge in [0, 0.05) is 45.1 Å². The zero-order valence-corrected chi connectivity index (χ0v) is 18.5. The summed E-state index contributed by atoms with van der Waals surface area (Å²) < 4.78 is 1.94. The lowest BCUT2D eigenvalue weighted by Gasteiger charge is -2.31. The predicted octanol–water partition coefficient (Wildman–Crippen LogP) is 1.73. The Balaban J connectivity index is 1.50. The van der Waals surface area contributed by atoms with Crippen LogP contribution in [0, 0.1) is 5.92 Å². The molecule has 1 unspecified atom stereocenters. The number of rotatable bonds is 10. The Morgan fingerprint density at radius 2 is 2.16 bits per heavy atom. The Hall–Kier alpha value is -2.87. The minimum atomic E-state index is -0.180. The predicted molar refractivity (Wildman–Crippen MR) is 123 cm³/mol. The lowest BCUT2D eigenvalue weighted by molar-refractivity contribution is -0.123. The molecule has 1 aromatic carbocycles. The van der Waals surface area contributed by atoms with Gasteiger partial charge in [-0.1, -0.05) is 24.3 Å². The lowest BCUT2D eigenvalue weighted by atomic mass is 9.97. The number of primary amides is 1. The van der Waals surface area contributed by atoms with Crippen LogP contribution in [0.3, 0.4) is 0 Å². The van der Waals surface area contributed by atoms with Crippen molar-refractivity contribution in [3.05, 3.63) is 53.9 Å². The molecule has 4 N–H and O–H groups in total. The number of aromatic nitrogens is 2. The molecule has 1 fully saturated rings. The molecule has 0 radical (unpaired) electrons. The van der Waals surface area contributed by atoms with Crippen molar-refractivity contribution in [3.8, 4) is 0 Å². The van der Waals surface area contributed by atoms with Gasteiger partial charge < -0.3 is 16.4 Å². The number of aliphatic imine (C=N–C) groups is 1. The molecule has 8 nitrogen and oxygen atoms in total. The lowest BCUT2D eigenvalue weighted by Crippen LogP contribution is -2.40. The number of likely N-dealkylation sites (tertiary alicyclic amines) is 1. The van der Waals surface area contributed by atoms with E-state index in [9.17, 15) is 4.79 Å². The number of carbonyl (C=O) groups excluding carboxylic acids is 1. The van der Waals surface area contributed by atoms with Crippen LogP contribution in [0.2, 0.25) is 0 Å². The van der Waals surface area contributed by atoms with E-state index in [0.29, 0.717) is 6.54 Å². The first-order valence-corrected chi connectivity index (χ1v) is 11.2. The fourth-order valence-corrected chi connectivity index (χ4v) is 3.91. The van der Waals surface area contributed by atoms with Crippen LogP contribution in [0.4, 0.5) is 0 Å². The van der Waals surface area contributed by atoms with E-state index in [1.165, 1.54) is 11.1 Å². The third-order valence-corrected chi connectivity index (χ3v) is 5.49. The van der Waals surface area contributed by atoms with Gasteiger partial charge in [-0.2, -0.15) is 5.10 Å². The molecule has 8 heteroatoms. The highest BCUT2D eigenvalue weighted by atomic mass is 16.1. The smallest absolute Gasteiger partial charge is 0.221 e. The van der Waals surface area contributed by atoms with Gasteiger partial charge in [0.15, 0.2) is 5.96 Å².